The van der Waals surface area contributed by atoms with Crippen molar-refractivity contribution in [2.75, 3.05) is 33.7 Å². The van der Waals surface area contributed by atoms with Crippen molar-refractivity contribution in [1.29, 1.82) is 0 Å². The van der Waals surface area contributed by atoms with Gasteiger partial charge in [0, 0.05) is 30.3 Å². The van der Waals surface area contributed by atoms with Crippen molar-refractivity contribution in [3.8, 4) is 0 Å². The Morgan fingerprint density at radius 1 is 1.28 bits per heavy atom. The number of likely N-dealkylation sites (tertiary alicyclic amines) is 1. The van der Waals surface area contributed by atoms with Crippen molar-refractivity contribution in [2.45, 2.75) is 37.1 Å². The summed E-state index contributed by atoms with van der Waals surface area (Å²) in [4.78, 5) is 15.1. The van der Waals surface area contributed by atoms with Crippen LogP contribution in [-0.4, -0.2) is 63.3 Å². The molecule has 0 radical (unpaired) electrons. The summed E-state index contributed by atoms with van der Waals surface area (Å²) in [7, 11) is -0.599. The van der Waals surface area contributed by atoms with Crippen molar-refractivity contribution in [2.24, 2.45) is 0 Å². The molecule has 1 amide bonds. The Morgan fingerprint density at radius 3 is 2.52 bits per heavy atom. The van der Waals surface area contributed by atoms with E-state index in [2.05, 4.69) is 32.8 Å². The van der Waals surface area contributed by atoms with Gasteiger partial charge in [-0.15, -0.1) is 0 Å². The molecule has 0 bridgehead atoms. The Morgan fingerprint density at radius 2 is 1.92 bits per heavy atom. The summed E-state index contributed by atoms with van der Waals surface area (Å²) in [5.74, 6) is -0.232. The van der Waals surface area contributed by atoms with Crippen molar-refractivity contribution >= 4 is 38.5 Å². The van der Waals surface area contributed by atoms with E-state index in [1.165, 1.54) is 45.5 Å². The van der Waals surface area contributed by atoms with Gasteiger partial charge < -0.3 is 10.2 Å². The Labute approximate surface area is 164 Å². The van der Waals surface area contributed by atoms with E-state index in [1.807, 2.05) is 6.92 Å². The highest BCUT2D eigenvalue weighted by atomic mass is 127. The van der Waals surface area contributed by atoms with Crippen LogP contribution in [0.4, 0.5) is 0 Å². The van der Waals surface area contributed by atoms with Gasteiger partial charge in [0.25, 0.3) is 5.91 Å². The van der Waals surface area contributed by atoms with E-state index in [9.17, 15) is 13.2 Å². The third-order valence-corrected chi connectivity index (χ3v) is 7.07. The zero-order valence-corrected chi connectivity index (χ0v) is 17.9. The monoisotopic (exact) mass is 479 g/mol. The number of hydrogen-bond acceptors (Lipinski definition) is 4. The Balaban J connectivity index is 2.10. The molecule has 6 nitrogen and oxygen atoms in total. The van der Waals surface area contributed by atoms with E-state index in [-0.39, 0.29) is 16.8 Å². The first-order valence-corrected chi connectivity index (χ1v) is 11.0. The number of rotatable bonds is 6. The summed E-state index contributed by atoms with van der Waals surface area (Å²) < 4.78 is 26.5. The zero-order chi connectivity index (χ0) is 18.6. The van der Waals surface area contributed by atoms with Crippen LogP contribution in [0.2, 0.25) is 0 Å². The quantitative estimate of drug-likeness (QED) is 0.635. The molecule has 1 unspecified atom stereocenters. The predicted molar refractivity (Wildman–Crippen MR) is 107 cm³/mol. The molecule has 0 aliphatic carbocycles. The van der Waals surface area contributed by atoms with Gasteiger partial charge in [-0.3, -0.25) is 4.79 Å². The van der Waals surface area contributed by atoms with Crippen LogP contribution in [0.1, 0.15) is 36.5 Å². The SMILES string of the molecule is CC(CN1CCCCC1)NC(=O)c1cc(S(=O)(=O)N(C)C)ccc1I. The van der Waals surface area contributed by atoms with E-state index in [0.717, 1.165) is 27.5 Å². The number of carbonyl (C=O) groups excluding carboxylic acids is 1. The fourth-order valence-electron chi connectivity index (χ4n) is 2.93. The van der Waals surface area contributed by atoms with Crippen LogP contribution in [0.5, 0.6) is 0 Å². The maximum atomic E-state index is 12.6. The van der Waals surface area contributed by atoms with E-state index < -0.39 is 10.0 Å². The van der Waals surface area contributed by atoms with Crippen molar-refractivity contribution in [3.05, 3.63) is 27.3 Å². The fraction of sp³-hybridized carbons (Fsp3) is 0.588. The lowest BCUT2D eigenvalue weighted by Gasteiger charge is -2.29. The number of piperidine rings is 1. The number of hydrogen-bond donors (Lipinski definition) is 1. The normalized spacial score (nSPS) is 17.5. The number of nitrogens with one attached hydrogen (secondary N) is 1. The maximum absolute atomic E-state index is 12.6. The molecule has 0 spiro atoms. The average molecular weight is 479 g/mol. The molecule has 140 valence electrons. The number of carbonyl (C=O) groups is 1. The highest BCUT2D eigenvalue weighted by Crippen LogP contribution is 2.20. The van der Waals surface area contributed by atoms with Gasteiger partial charge in [-0.1, -0.05) is 6.42 Å². The Hall–Kier alpha value is -0.710. The van der Waals surface area contributed by atoms with Crippen molar-refractivity contribution < 1.29 is 13.2 Å². The highest BCUT2D eigenvalue weighted by molar-refractivity contribution is 14.1. The van der Waals surface area contributed by atoms with Crippen LogP contribution in [0.3, 0.4) is 0 Å². The molecule has 2 rings (SSSR count). The van der Waals surface area contributed by atoms with Crippen LogP contribution < -0.4 is 5.32 Å². The minimum Gasteiger partial charge on any atom is -0.348 e. The molecule has 1 aliphatic heterocycles. The minimum atomic E-state index is -3.56. The second-order valence-corrected chi connectivity index (χ2v) is 9.98. The van der Waals surface area contributed by atoms with Gasteiger partial charge in [-0.25, -0.2) is 12.7 Å². The van der Waals surface area contributed by atoms with Gasteiger partial charge in [0.05, 0.1) is 10.5 Å². The molecule has 1 aromatic carbocycles. The molecule has 0 aromatic heterocycles. The highest BCUT2D eigenvalue weighted by Gasteiger charge is 2.22. The third kappa shape index (κ3) is 5.38. The third-order valence-electron chi connectivity index (χ3n) is 4.32. The number of halogens is 1. The molecular weight excluding hydrogens is 453 g/mol. The molecule has 1 aromatic rings. The molecule has 1 N–H and O–H groups in total. The standard InChI is InChI=1S/C17H26IN3O3S/c1-13(12-21-9-5-4-6-10-21)19-17(22)15-11-14(7-8-16(15)18)25(23,24)20(2)3/h7-8,11,13H,4-6,9-10,12H2,1-3H3,(H,19,22). The summed E-state index contributed by atoms with van der Waals surface area (Å²) in [6.07, 6.45) is 3.70. The fourth-order valence-corrected chi connectivity index (χ4v) is 4.43. The molecular formula is C17H26IN3O3S. The maximum Gasteiger partial charge on any atom is 0.252 e. The molecule has 8 heteroatoms. The van der Waals surface area contributed by atoms with E-state index in [4.69, 9.17) is 0 Å². The summed E-state index contributed by atoms with van der Waals surface area (Å²) >= 11 is 2.06. The van der Waals surface area contributed by atoms with Gasteiger partial charge in [-0.2, -0.15) is 0 Å². The van der Waals surface area contributed by atoms with Gasteiger partial charge in [0.1, 0.15) is 0 Å². The molecule has 1 saturated heterocycles. The van der Waals surface area contributed by atoms with Gasteiger partial charge in [0.15, 0.2) is 0 Å². The van der Waals surface area contributed by atoms with Gasteiger partial charge >= 0.3 is 0 Å². The number of amides is 1. The van der Waals surface area contributed by atoms with Crippen molar-refractivity contribution in [3.63, 3.8) is 0 Å². The molecule has 1 atom stereocenters. The summed E-state index contributed by atoms with van der Waals surface area (Å²) in [6, 6.07) is 4.67. The first kappa shape index (κ1) is 20.6. The summed E-state index contributed by atoms with van der Waals surface area (Å²) in [5, 5.41) is 3.00. The lowest BCUT2D eigenvalue weighted by atomic mass is 10.1. The van der Waals surface area contributed by atoms with Gasteiger partial charge in [-0.05, 0) is 73.6 Å². The molecule has 1 heterocycles. The number of nitrogens with zero attached hydrogens (tertiary/aromatic N) is 2. The van der Waals surface area contributed by atoms with E-state index in [0.29, 0.717) is 5.56 Å². The first-order chi connectivity index (χ1) is 11.7. The second kappa shape index (κ2) is 8.79. The van der Waals surface area contributed by atoms with E-state index in [1.54, 1.807) is 6.07 Å². The average Bonchev–Trinajstić information content (AvgIpc) is 2.55. The van der Waals surface area contributed by atoms with Crippen molar-refractivity contribution in [1.82, 2.24) is 14.5 Å². The lowest BCUT2D eigenvalue weighted by Crippen LogP contribution is -2.43. The number of sulfonamides is 1. The van der Waals surface area contributed by atoms with Crippen LogP contribution in [-0.2, 0) is 10.0 Å². The zero-order valence-electron chi connectivity index (χ0n) is 15.0. The van der Waals surface area contributed by atoms with Crippen LogP contribution in [0.15, 0.2) is 23.1 Å². The Kier molecular flexibility index (Phi) is 7.24. The molecule has 0 saturated carbocycles. The van der Waals surface area contributed by atoms with Crippen LogP contribution in [0.25, 0.3) is 0 Å². The summed E-state index contributed by atoms with van der Waals surface area (Å²) in [5.41, 5.74) is 0.397. The predicted octanol–water partition coefficient (Wildman–Crippen LogP) is 2.15. The van der Waals surface area contributed by atoms with E-state index >= 15 is 0 Å². The molecule has 1 fully saturated rings. The lowest BCUT2D eigenvalue weighted by molar-refractivity contribution is 0.0924. The van der Waals surface area contributed by atoms with Crippen LogP contribution in [0, 0.1) is 3.57 Å². The van der Waals surface area contributed by atoms with Gasteiger partial charge in [0.2, 0.25) is 10.0 Å². The summed E-state index contributed by atoms with van der Waals surface area (Å²) in [6.45, 7) is 4.96. The Bertz CT molecular complexity index is 716. The largest absolute Gasteiger partial charge is 0.348 e. The minimum absolute atomic E-state index is 0.00973. The number of benzene rings is 1. The smallest absolute Gasteiger partial charge is 0.252 e. The molecule has 1 aliphatic rings. The topological polar surface area (TPSA) is 69.7 Å². The first-order valence-electron chi connectivity index (χ1n) is 8.47. The second-order valence-electron chi connectivity index (χ2n) is 6.66. The molecule has 25 heavy (non-hydrogen) atoms. The van der Waals surface area contributed by atoms with Crippen LogP contribution >= 0.6 is 22.6 Å².